The Morgan fingerprint density at radius 1 is 1.33 bits per heavy atom. The Bertz CT molecular complexity index is 557. The van der Waals surface area contributed by atoms with Gasteiger partial charge in [-0.25, -0.2) is 14.6 Å². The van der Waals surface area contributed by atoms with Crippen LogP contribution in [0.15, 0.2) is 12.3 Å². The highest BCUT2D eigenvalue weighted by Crippen LogP contribution is 2.17. The quantitative estimate of drug-likeness (QED) is 0.896. The van der Waals surface area contributed by atoms with E-state index in [-0.39, 0.29) is 0 Å². The molecule has 0 fully saturated rings. The van der Waals surface area contributed by atoms with Gasteiger partial charge in [-0.15, -0.1) is 0 Å². The average molecular weight is 245 g/mol. The number of aromatic nitrogens is 4. The largest absolute Gasteiger partial charge is 0.325 e. The average Bonchev–Trinajstić information content (AvgIpc) is 2.67. The van der Waals surface area contributed by atoms with Crippen molar-refractivity contribution in [3.63, 3.8) is 0 Å². The zero-order valence-corrected chi connectivity index (χ0v) is 11.3. The molecular formula is C13H19N5. The SMILES string of the molecule is Cc1cc(C)n(-c2cnc(C(C)C)nc2CN)n1. The molecule has 0 saturated heterocycles. The summed E-state index contributed by atoms with van der Waals surface area (Å²) >= 11 is 0. The molecule has 0 spiro atoms. The van der Waals surface area contributed by atoms with Gasteiger partial charge in [0.1, 0.15) is 11.5 Å². The summed E-state index contributed by atoms with van der Waals surface area (Å²) in [4.78, 5) is 8.91. The monoisotopic (exact) mass is 245 g/mol. The Morgan fingerprint density at radius 2 is 2.06 bits per heavy atom. The molecule has 0 aromatic carbocycles. The second-order valence-corrected chi connectivity index (χ2v) is 4.76. The van der Waals surface area contributed by atoms with Crippen molar-refractivity contribution in [2.75, 3.05) is 0 Å². The van der Waals surface area contributed by atoms with Crippen LogP contribution in [-0.4, -0.2) is 19.7 Å². The van der Waals surface area contributed by atoms with Crippen LogP contribution in [0.2, 0.25) is 0 Å². The Labute approximate surface area is 107 Å². The van der Waals surface area contributed by atoms with Crippen molar-refractivity contribution in [3.8, 4) is 5.69 Å². The maximum absolute atomic E-state index is 5.78. The summed E-state index contributed by atoms with van der Waals surface area (Å²) in [6.45, 7) is 8.50. The minimum atomic E-state index is 0.296. The highest BCUT2D eigenvalue weighted by molar-refractivity contribution is 5.36. The molecule has 5 nitrogen and oxygen atoms in total. The van der Waals surface area contributed by atoms with E-state index in [1.54, 1.807) is 0 Å². The molecule has 0 atom stereocenters. The maximum Gasteiger partial charge on any atom is 0.131 e. The van der Waals surface area contributed by atoms with Crippen LogP contribution in [-0.2, 0) is 6.54 Å². The molecule has 0 amide bonds. The molecule has 2 N–H and O–H groups in total. The molecule has 0 aliphatic rings. The molecule has 0 aliphatic heterocycles. The van der Waals surface area contributed by atoms with Crippen LogP contribution in [0.4, 0.5) is 0 Å². The van der Waals surface area contributed by atoms with Crippen molar-refractivity contribution in [2.24, 2.45) is 5.73 Å². The molecule has 2 heterocycles. The van der Waals surface area contributed by atoms with E-state index in [9.17, 15) is 0 Å². The molecule has 5 heteroatoms. The lowest BCUT2D eigenvalue weighted by molar-refractivity contribution is 0.730. The molecule has 0 unspecified atom stereocenters. The second-order valence-electron chi connectivity index (χ2n) is 4.76. The predicted molar refractivity (Wildman–Crippen MR) is 70.6 cm³/mol. The van der Waals surface area contributed by atoms with E-state index in [4.69, 9.17) is 5.73 Å². The molecule has 0 bridgehead atoms. The topological polar surface area (TPSA) is 69.6 Å². The van der Waals surface area contributed by atoms with Crippen molar-refractivity contribution < 1.29 is 0 Å². The Balaban J connectivity index is 2.54. The van der Waals surface area contributed by atoms with E-state index in [2.05, 4.69) is 28.9 Å². The lowest BCUT2D eigenvalue weighted by Crippen LogP contribution is -2.12. The van der Waals surface area contributed by atoms with Gasteiger partial charge >= 0.3 is 0 Å². The first-order chi connectivity index (χ1) is 8.52. The molecule has 0 radical (unpaired) electrons. The van der Waals surface area contributed by atoms with Gasteiger partial charge in [0.25, 0.3) is 0 Å². The maximum atomic E-state index is 5.78. The van der Waals surface area contributed by atoms with Gasteiger partial charge < -0.3 is 5.73 Å². The first-order valence-electron chi connectivity index (χ1n) is 6.12. The van der Waals surface area contributed by atoms with Crippen LogP contribution < -0.4 is 5.73 Å². The number of nitrogens with zero attached hydrogens (tertiary/aromatic N) is 4. The summed E-state index contributed by atoms with van der Waals surface area (Å²) in [6.07, 6.45) is 1.81. The fraction of sp³-hybridized carbons (Fsp3) is 0.462. The normalized spacial score (nSPS) is 11.2. The predicted octanol–water partition coefficient (Wildman–Crippen LogP) is 1.86. The molecular weight excluding hydrogens is 226 g/mol. The van der Waals surface area contributed by atoms with Gasteiger partial charge in [0.05, 0.1) is 17.6 Å². The lowest BCUT2D eigenvalue weighted by atomic mass is 10.2. The standard InChI is InChI=1S/C13H19N5/c1-8(2)13-15-7-12(11(6-14)16-13)18-10(4)5-9(3)17-18/h5,7-8H,6,14H2,1-4H3. The number of hydrogen-bond acceptors (Lipinski definition) is 4. The summed E-state index contributed by atoms with van der Waals surface area (Å²) in [5.41, 5.74) is 9.52. The smallest absolute Gasteiger partial charge is 0.131 e. The van der Waals surface area contributed by atoms with E-state index in [0.717, 1.165) is 28.6 Å². The van der Waals surface area contributed by atoms with E-state index in [1.807, 2.05) is 30.8 Å². The number of aryl methyl sites for hydroxylation is 2. The summed E-state index contributed by atoms with van der Waals surface area (Å²) in [7, 11) is 0. The zero-order valence-electron chi connectivity index (χ0n) is 11.3. The molecule has 0 aliphatic carbocycles. The van der Waals surface area contributed by atoms with Gasteiger partial charge in [-0.3, -0.25) is 0 Å². The third-order valence-corrected chi connectivity index (χ3v) is 2.81. The molecule has 96 valence electrons. The second kappa shape index (κ2) is 4.86. The summed E-state index contributed by atoms with van der Waals surface area (Å²) in [5, 5.41) is 4.44. The molecule has 18 heavy (non-hydrogen) atoms. The van der Waals surface area contributed by atoms with E-state index in [0.29, 0.717) is 12.5 Å². The third kappa shape index (κ3) is 2.26. The highest BCUT2D eigenvalue weighted by atomic mass is 15.3. The summed E-state index contributed by atoms with van der Waals surface area (Å²) in [6, 6.07) is 2.02. The van der Waals surface area contributed by atoms with Crippen molar-refractivity contribution in [1.82, 2.24) is 19.7 Å². The fourth-order valence-electron chi connectivity index (χ4n) is 1.90. The molecule has 2 aromatic heterocycles. The Hall–Kier alpha value is -1.75. The van der Waals surface area contributed by atoms with Crippen molar-refractivity contribution in [1.29, 1.82) is 0 Å². The van der Waals surface area contributed by atoms with Gasteiger partial charge in [0, 0.05) is 18.2 Å². The van der Waals surface area contributed by atoms with Gasteiger partial charge in [-0.05, 0) is 19.9 Å². The highest BCUT2D eigenvalue weighted by Gasteiger charge is 2.12. The third-order valence-electron chi connectivity index (χ3n) is 2.81. The van der Waals surface area contributed by atoms with Crippen molar-refractivity contribution in [2.45, 2.75) is 40.2 Å². The first kappa shape index (κ1) is 12.7. The van der Waals surface area contributed by atoms with Crippen molar-refractivity contribution >= 4 is 0 Å². The minimum absolute atomic E-state index is 0.296. The minimum Gasteiger partial charge on any atom is -0.325 e. The number of nitrogens with two attached hydrogens (primary N) is 1. The fourth-order valence-corrected chi connectivity index (χ4v) is 1.90. The number of rotatable bonds is 3. The van der Waals surface area contributed by atoms with E-state index in [1.165, 1.54) is 0 Å². The van der Waals surface area contributed by atoms with Crippen molar-refractivity contribution in [3.05, 3.63) is 35.2 Å². The van der Waals surface area contributed by atoms with Crippen LogP contribution >= 0.6 is 0 Å². The van der Waals surface area contributed by atoms with Crippen LogP contribution in [0.5, 0.6) is 0 Å². The van der Waals surface area contributed by atoms with Crippen LogP contribution in [0.3, 0.4) is 0 Å². The molecule has 2 aromatic rings. The molecule has 2 rings (SSSR count). The lowest BCUT2D eigenvalue weighted by Gasteiger charge is -2.11. The number of hydrogen-bond donors (Lipinski definition) is 1. The van der Waals surface area contributed by atoms with E-state index < -0.39 is 0 Å². The van der Waals surface area contributed by atoms with E-state index >= 15 is 0 Å². The summed E-state index contributed by atoms with van der Waals surface area (Å²) in [5.74, 6) is 1.12. The van der Waals surface area contributed by atoms with Crippen LogP contribution in [0.25, 0.3) is 5.69 Å². The van der Waals surface area contributed by atoms with Gasteiger partial charge in [-0.2, -0.15) is 5.10 Å². The first-order valence-corrected chi connectivity index (χ1v) is 6.12. The molecule has 0 saturated carbocycles. The van der Waals surface area contributed by atoms with Gasteiger partial charge in [0.15, 0.2) is 0 Å². The van der Waals surface area contributed by atoms with Crippen LogP contribution in [0.1, 0.15) is 42.7 Å². The Kier molecular flexibility index (Phi) is 3.43. The van der Waals surface area contributed by atoms with Crippen LogP contribution in [0, 0.1) is 13.8 Å². The van der Waals surface area contributed by atoms with Gasteiger partial charge in [-0.1, -0.05) is 13.8 Å². The summed E-state index contributed by atoms with van der Waals surface area (Å²) < 4.78 is 1.85. The van der Waals surface area contributed by atoms with Gasteiger partial charge in [0.2, 0.25) is 0 Å². The zero-order chi connectivity index (χ0) is 13.3. The Morgan fingerprint density at radius 3 is 2.56 bits per heavy atom.